The summed E-state index contributed by atoms with van der Waals surface area (Å²) in [7, 11) is 1.56. The Kier molecular flexibility index (Phi) is 5.28. The lowest BCUT2D eigenvalue weighted by Gasteiger charge is -2.09. The van der Waals surface area contributed by atoms with Crippen molar-refractivity contribution in [3.05, 3.63) is 64.5 Å². The van der Waals surface area contributed by atoms with Gasteiger partial charge in [0.25, 0.3) is 0 Å². The molecule has 31 heavy (non-hydrogen) atoms. The maximum Gasteiger partial charge on any atom is 0.353 e. The van der Waals surface area contributed by atoms with Gasteiger partial charge >= 0.3 is 11.7 Å². The molecule has 4 aromatic rings. The molecule has 0 saturated carbocycles. The van der Waals surface area contributed by atoms with E-state index in [1.807, 2.05) is 6.07 Å². The van der Waals surface area contributed by atoms with E-state index in [1.165, 1.54) is 41.9 Å². The van der Waals surface area contributed by atoms with Crippen LogP contribution in [0.25, 0.3) is 10.2 Å². The molecule has 0 unspecified atom stereocenters. The number of thiazole rings is 1. The summed E-state index contributed by atoms with van der Waals surface area (Å²) in [5.41, 5.74) is 0.867. The highest BCUT2D eigenvalue weighted by Gasteiger charge is 2.24. The highest BCUT2D eigenvalue weighted by molar-refractivity contribution is 7.22. The monoisotopic (exact) mass is 438 g/mol. The fraction of sp³-hybridized carbons (Fsp3) is 0.0526. The van der Waals surface area contributed by atoms with Crippen molar-refractivity contribution in [3.8, 4) is 5.75 Å². The summed E-state index contributed by atoms with van der Waals surface area (Å²) in [5.74, 6) is -0.473. The van der Waals surface area contributed by atoms with Gasteiger partial charge in [-0.2, -0.15) is 0 Å². The molecule has 0 bridgehead atoms. The van der Waals surface area contributed by atoms with Gasteiger partial charge in [0, 0.05) is 5.69 Å². The Balaban J connectivity index is 1.65. The van der Waals surface area contributed by atoms with Gasteiger partial charge in [-0.15, -0.1) is 0 Å². The molecule has 2 aromatic carbocycles. The summed E-state index contributed by atoms with van der Waals surface area (Å²) in [6.07, 6.45) is 1.18. The molecule has 0 saturated heterocycles. The first-order chi connectivity index (χ1) is 14.9. The molecular formula is C19H14N6O5S. The molecule has 12 heteroatoms. The Bertz CT molecular complexity index is 1290. The van der Waals surface area contributed by atoms with Crippen LogP contribution in [0.15, 0.2) is 48.8 Å². The number of aromatic carboxylic acids is 1. The van der Waals surface area contributed by atoms with E-state index in [2.05, 4.69) is 25.6 Å². The molecule has 2 aromatic heterocycles. The van der Waals surface area contributed by atoms with Crippen LogP contribution in [0.3, 0.4) is 0 Å². The molecule has 156 valence electrons. The molecule has 0 radical (unpaired) electrons. The predicted molar refractivity (Wildman–Crippen MR) is 115 cm³/mol. The topological polar surface area (TPSA) is 152 Å². The van der Waals surface area contributed by atoms with Gasteiger partial charge in [-0.3, -0.25) is 10.1 Å². The molecule has 4 rings (SSSR count). The molecule has 11 nitrogen and oxygen atoms in total. The number of hydrogen-bond donors (Lipinski definition) is 3. The molecule has 3 N–H and O–H groups in total. The van der Waals surface area contributed by atoms with Crippen molar-refractivity contribution in [2.24, 2.45) is 0 Å². The van der Waals surface area contributed by atoms with Crippen LogP contribution in [-0.2, 0) is 0 Å². The molecule has 0 atom stereocenters. The van der Waals surface area contributed by atoms with Gasteiger partial charge < -0.3 is 20.5 Å². The average molecular weight is 438 g/mol. The Hall–Kier alpha value is -4.32. The van der Waals surface area contributed by atoms with E-state index in [9.17, 15) is 14.9 Å². The molecule has 2 heterocycles. The third-order valence-corrected chi connectivity index (χ3v) is 5.15. The van der Waals surface area contributed by atoms with E-state index in [1.54, 1.807) is 19.2 Å². The zero-order valence-electron chi connectivity index (χ0n) is 15.9. The van der Waals surface area contributed by atoms with Crippen molar-refractivity contribution >= 4 is 55.7 Å². The van der Waals surface area contributed by atoms with Crippen molar-refractivity contribution in [2.45, 2.75) is 0 Å². The number of nitrogens with zero attached hydrogens (tertiary/aromatic N) is 4. The summed E-state index contributed by atoms with van der Waals surface area (Å²) in [6.45, 7) is 0. The van der Waals surface area contributed by atoms with Gasteiger partial charge in [-0.25, -0.2) is 19.7 Å². The number of hydrogen-bond acceptors (Lipinski definition) is 10. The fourth-order valence-corrected chi connectivity index (χ4v) is 3.65. The second-order valence-corrected chi connectivity index (χ2v) is 7.19. The minimum Gasteiger partial charge on any atom is -0.497 e. The number of carboxylic acid groups (broad SMARTS) is 1. The summed E-state index contributed by atoms with van der Waals surface area (Å²) < 4.78 is 6.04. The van der Waals surface area contributed by atoms with Gasteiger partial charge in [-0.05, 0) is 42.5 Å². The predicted octanol–water partition coefficient (Wildman–Crippen LogP) is 4.19. The normalized spacial score (nSPS) is 10.6. The maximum atomic E-state index is 11.8. The molecule has 0 aliphatic heterocycles. The van der Waals surface area contributed by atoms with E-state index in [-0.39, 0.29) is 22.9 Å². The number of benzene rings is 2. The number of nitro groups is 1. The lowest BCUT2D eigenvalue weighted by molar-refractivity contribution is -0.383. The standard InChI is InChI=1S/C19H14N6O5S/c1-30-12-6-7-13-14(8-12)31-19(23-13)24-17-15(25(28)29)16(20-9-21-17)22-11-4-2-10(3-5-11)18(26)27/h2-9H,1H3,(H,26,27)(H2,20,21,22,23,24). The Morgan fingerprint density at radius 2 is 1.84 bits per heavy atom. The molecule has 0 fully saturated rings. The van der Waals surface area contributed by atoms with Gasteiger partial charge in [0.2, 0.25) is 11.6 Å². The minimum absolute atomic E-state index is 0.0318. The van der Waals surface area contributed by atoms with Crippen LogP contribution in [0.4, 0.5) is 28.1 Å². The zero-order valence-corrected chi connectivity index (χ0v) is 16.7. The average Bonchev–Trinajstić information content (AvgIpc) is 3.15. The van der Waals surface area contributed by atoms with E-state index >= 15 is 0 Å². The number of carboxylic acids is 1. The van der Waals surface area contributed by atoms with Crippen molar-refractivity contribution in [3.63, 3.8) is 0 Å². The van der Waals surface area contributed by atoms with Crippen molar-refractivity contribution in [2.75, 3.05) is 17.7 Å². The van der Waals surface area contributed by atoms with Crippen molar-refractivity contribution < 1.29 is 19.6 Å². The van der Waals surface area contributed by atoms with Crippen LogP contribution in [0.5, 0.6) is 5.75 Å². The number of rotatable bonds is 7. The largest absolute Gasteiger partial charge is 0.497 e. The fourth-order valence-electron chi connectivity index (χ4n) is 2.75. The van der Waals surface area contributed by atoms with Crippen LogP contribution in [0.1, 0.15) is 10.4 Å². The maximum absolute atomic E-state index is 11.8. The minimum atomic E-state index is -1.07. The zero-order chi connectivity index (χ0) is 22.0. The first kappa shape index (κ1) is 20.0. The Morgan fingerprint density at radius 1 is 1.13 bits per heavy atom. The van der Waals surface area contributed by atoms with Gasteiger partial charge in [0.15, 0.2) is 5.13 Å². The van der Waals surface area contributed by atoms with Gasteiger partial charge in [0.1, 0.15) is 12.1 Å². The number of ether oxygens (including phenoxy) is 1. The van der Waals surface area contributed by atoms with E-state index in [0.29, 0.717) is 22.1 Å². The van der Waals surface area contributed by atoms with Crippen molar-refractivity contribution in [1.82, 2.24) is 15.0 Å². The summed E-state index contributed by atoms with van der Waals surface area (Å²) >= 11 is 1.29. The molecule has 0 aliphatic rings. The molecule has 0 amide bonds. The smallest absolute Gasteiger partial charge is 0.353 e. The third-order valence-electron chi connectivity index (χ3n) is 4.22. The summed E-state index contributed by atoms with van der Waals surface area (Å²) in [4.78, 5) is 34.5. The van der Waals surface area contributed by atoms with Crippen LogP contribution in [0, 0.1) is 10.1 Å². The number of carbonyl (C=O) groups is 1. The highest BCUT2D eigenvalue weighted by atomic mass is 32.1. The molecular weight excluding hydrogens is 424 g/mol. The van der Waals surface area contributed by atoms with E-state index < -0.39 is 10.9 Å². The molecule has 0 aliphatic carbocycles. The van der Waals surface area contributed by atoms with Crippen LogP contribution < -0.4 is 15.4 Å². The van der Waals surface area contributed by atoms with E-state index in [4.69, 9.17) is 9.84 Å². The van der Waals surface area contributed by atoms with Crippen LogP contribution in [0.2, 0.25) is 0 Å². The Morgan fingerprint density at radius 3 is 2.48 bits per heavy atom. The SMILES string of the molecule is COc1ccc2nc(Nc3ncnc(Nc4ccc(C(=O)O)cc4)c3[N+](=O)[O-])sc2c1. The number of fused-ring (bicyclic) bond motifs is 1. The van der Waals surface area contributed by atoms with Crippen LogP contribution >= 0.6 is 11.3 Å². The van der Waals surface area contributed by atoms with Gasteiger partial charge in [0.05, 0.1) is 27.8 Å². The van der Waals surface area contributed by atoms with Crippen LogP contribution in [-0.4, -0.2) is 38.1 Å². The summed E-state index contributed by atoms with van der Waals surface area (Å²) in [5, 5.41) is 26.9. The Labute approximate surface area is 178 Å². The lowest BCUT2D eigenvalue weighted by Crippen LogP contribution is -2.05. The second kappa shape index (κ2) is 8.20. The lowest BCUT2D eigenvalue weighted by atomic mass is 10.2. The van der Waals surface area contributed by atoms with Crippen molar-refractivity contribution in [1.29, 1.82) is 0 Å². The number of anilines is 4. The first-order valence-corrected chi connectivity index (χ1v) is 9.57. The summed E-state index contributed by atoms with van der Waals surface area (Å²) in [6, 6.07) is 11.1. The first-order valence-electron chi connectivity index (χ1n) is 8.76. The highest BCUT2D eigenvalue weighted by Crippen LogP contribution is 2.36. The van der Waals surface area contributed by atoms with E-state index in [0.717, 1.165) is 4.70 Å². The number of aromatic nitrogens is 3. The second-order valence-electron chi connectivity index (χ2n) is 6.16. The van der Waals surface area contributed by atoms with Gasteiger partial charge in [-0.1, -0.05) is 11.3 Å². The third kappa shape index (κ3) is 4.18. The quantitative estimate of drug-likeness (QED) is 0.283. The molecule has 0 spiro atoms. The number of nitrogens with one attached hydrogen (secondary N) is 2. The number of methoxy groups -OCH3 is 1.